The normalized spacial score (nSPS) is 15.4. The number of thioether (sulfide) groups is 1. The van der Waals surface area contributed by atoms with Crippen molar-refractivity contribution in [2.45, 2.75) is 31.9 Å². The molecular formula is C7H11NOS. The van der Waals surface area contributed by atoms with Gasteiger partial charge in [-0.2, -0.15) is 5.26 Å². The Kier molecular flexibility index (Phi) is 3.45. The molecule has 0 aromatic heterocycles. The summed E-state index contributed by atoms with van der Waals surface area (Å²) >= 11 is 1.04. The maximum Gasteiger partial charge on any atom is 0.146 e. The number of nitriles is 1. The Morgan fingerprint density at radius 3 is 2.40 bits per heavy atom. The lowest BCUT2D eigenvalue weighted by atomic mass is 10.0. The van der Waals surface area contributed by atoms with E-state index < -0.39 is 4.75 Å². The zero-order chi connectivity index (χ0) is 8.20. The van der Waals surface area contributed by atoms with Gasteiger partial charge in [0.25, 0.3) is 0 Å². The van der Waals surface area contributed by atoms with Gasteiger partial charge in [0, 0.05) is 0 Å². The molecule has 0 N–H and O–H groups in total. The Labute approximate surface area is 65.6 Å². The van der Waals surface area contributed by atoms with Crippen LogP contribution in [0.15, 0.2) is 0 Å². The lowest BCUT2D eigenvalue weighted by molar-refractivity contribution is -0.118. The predicted molar refractivity (Wildman–Crippen MR) is 42.6 cm³/mol. The van der Waals surface area contributed by atoms with E-state index >= 15 is 0 Å². The van der Waals surface area contributed by atoms with Gasteiger partial charge in [0.1, 0.15) is 11.2 Å². The molecule has 0 rings (SSSR count). The Balaban J connectivity index is 4.26. The molecule has 0 aliphatic heterocycles. The van der Waals surface area contributed by atoms with Crippen LogP contribution in [0.4, 0.5) is 0 Å². The van der Waals surface area contributed by atoms with Crippen molar-refractivity contribution in [1.82, 2.24) is 0 Å². The molecule has 1 unspecified atom stereocenters. The first-order valence-corrected chi connectivity index (χ1v) is 3.96. The average molecular weight is 157 g/mol. The number of hydrogen-bond donors (Lipinski definition) is 0. The second-order valence-electron chi connectivity index (χ2n) is 2.33. The third-order valence-corrected chi connectivity index (χ3v) is 2.81. The van der Waals surface area contributed by atoms with Gasteiger partial charge < -0.3 is 0 Å². The third kappa shape index (κ3) is 2.03. The van der Waals surface area contributed by atoms with Crippen molar-refractivity contribution in [3.63, 3.8) is 0 Å². The maximum atomic E-state index is 10.9. The van der Waals surface area contributed by atoms with Crippen molar-refractivity contribution >= 4 is 17.5 Å². The molecule has 3 heteroatoms. The van der Waals surface area contributed by atoms with Crippen molar-refractivity contribution in [1.29, 1.82) is 5.26 Å². The Morgan fingerprint density at radius 2 is 2.30 bits per heavy atom. The summed E-state index contributed by atoms with van der Waals surface area (Å²) < 4.78 is -0.491. The summed E-state index contributed by atoms with van der Waals surface area (Å²) in [5, 5.41) is 10.3. The molecule has 2 nitrogen and oxygen atoms in total. The van der Waals surface area contributed by atoms with Gasteiger partial charge in [0.15, 0.2) is 0 Å². The quantitative estimate of drug-likeness (QED) is 0.588. The second-order valence-corrected chi connectivity index (χ2v) is 3.62. The highest BCUT2D eigenvalue weighted by atomic mass is 32.2. The zero-order valence-corrected chi connectivity index (χ0v) is 7.29. The number of ketones is 1. The van der Waals surface area contributed by atoms with E-state index in [9.17, 15) is 4.79 Å². The van der Waals surface area contributed by atoms with Gasteiger partial charge in [-0.3, -0.25) is 4.79 Å². The summed E-state index contributed by atoms with van der Waals surface area (Å²) in [4.78, 5) is 10.9. The summed E-state index contributed by atoms with van der Waals surface area (Å²) in [6.45, 7) is 5.22. The van der Waals surface area contributed by atoms with Gasteiger partial charge in [0.05, 0.1) is 4.75 Å². The summed E-state index contributed by atoms with van der Waals surface area (Å²) in [5.41, 5.74) is 0. The molecule has 0 bridgehead atoms. The topological polar surface area (TPSA) is 40.9 Å². The van der Waals surface area contributed by atoms with Crippen LogP contribution in [0.3, 0.4) is 0 Å². The molecule has 0 fully saturated rings. The van der Waals surface area contributed by atoms with Gasteiger partial charge in [-0.1, -0.05) is 6.92 Å². The molecule has 10 heavy (non-hydrogen) atoms. The van der Waals surface area contributed by atoms with Crippen LogP contribution in [0.25, 0.3) is 0 Å². The molecule has 1 atom stereocenters. The van der Waals surface area contributed by atoms with Crippen molar-refractivity contribution in [3.8, 4) is 5.40 Å². The lowest BCUT2D eigenvalue weighted by Gasteiger charge is -2.19. The Morgan fingerprint density at radius 1 is 1.80 bits per heavy atom. The molecule has 0 saturated carbocycles. The molecule has 0 aromatic carbocycles. The summed E-state index contributed by atoms with van der Waals surface area (Å²) in [7, 11) is 0. The van der Waals surface area contributed by atoms with Crippen molar-refractivity contribution < 1.29 is 4.79 Å². The number of nitrogens with zero attached hydrogens (tertiary/aromatic N) is 1. The van der Waals surface area contributed by atoms with E-state index in [4.69, 9.17) is 5.26 Å². The molecule has 0 aliphatic carbocycles. The van der Waals surface area contributed by atoms with E-state index in [2.05, 4.69) is 0 Å². The van der Waals surface area contributed by atoms with E-state index in [0.717, 1.165) is 11.8 Å². The van der Waals surface area contributed by atoms with Crippen LogP contribution in [0, 0.1) is 10.7 Å². The van der Waals surface area contributed by atoms with E-state index in [1.807, 2.05) is 12.3 Å². The van der Waals surface area contributed by atoms with Crippen molar-refractivity contribution in [2.24, 2.45) is 0 Å². The van der Waals surface area contributed by atoms with E-state index in [-0.39, 0.29) is 5.78 Å². The number of carbonyl (C=O) groups is 1. The predicted octanol–water partition coefficient (Wildman–Crippen LogP) is 1.96. The molecule has 0 heterocycles. The van der Waals surface area contributed by atoms with Gasteiger partial charge in [-0.25, -0.2) is 0 Å². The third-order valence-electron chi connectivity index (χ3n) is 1.69. The van der Waals surface area contributed by atoms with Crippen molar-refractivity contribution in [2.75, 3.05) is 0 Å². The number of carbonyl (C=O) groups excluding carboxylic acids is 1. The zero-order valence-electron chi connectivity index (χ0n) is 6.47. The van der Waals surface area contributed by atoms with Gasteiger partial charge in [-0.15, -0.1) is 0 Å². The summed E-state index contributed by atoms with van der Waals surface area (Å²) in [6.07, 6.45) is 0.709. The van der Waals surface area contributed by atoms with Gasteiger partial charge in [-0.05, 0) is 32.0 Å². The van der Waals surface area contributed by atoms with E-state index in [1.165, 1.54) is 6.92 Å². The van der Waals surface area contributed by atoms with Crippen LogP contribution in [-0.4, -0.2) is 10.5 Å². The second kappa shape index (κ2) is 3.62. The van der Waals surface area contributed by atoms with Gasteiger partial charge >= 0.3 is 0 Å². The molecule has 0 aliphatic rings. The van der Waals surface area contributed by atoms with Crippen LogP contribution >= 0.6 is 11.8 Å². The van der Waals surface area contributed by atoms with Crippen LogP contribution in [0.1, 0.15) is 27.2 Å². The van der Waals surface area contributed by atoms with Crippen LogP contribution in [-0.2, 0) is 4.79 Å². The minimum atomic E-state index is -0.491. The molecule has 0 saturated heterocycles. The number of rotatable bonds is 3. The molecule has 56 valence electrons. The molecule has 0 spiro atoms. The van der Waals surface area contributed by atoms with Crippen LogP contribution in [0.2, 0.25) is 0 Å². The highest BCUT2D eigenvalue weighted by Gasteiger charge is 2.28. The summed E-state index contributed by atoms with van der Waals surface area (Å²) in [6, 6.07) is 0. The fraction of sp³-hybridized carbons (Fsp3) is 0.714. The average Bonchev–Trinajstić information content (AvgIpc) is 1.88. The largest absolute Gasteiger partial charge is 0.298 e. The van der Waals surface area contributed by atoms with Crippen LogP contribution < -0.4 is 0 Å². The minimum Gasteiger partial charge on any atom is -0.298 e. The monoisotopic (exact) mass is 157 g/mol. The van der Waals surface area contributed by atoms with Crippen molar-refractivity contribution in [3.05, 3.63) is 0 Å². The molecule has 0 aromatic rings. The number of Topliss-reactive ketones (excluding diaryl/α,β-unsaturated/α-hetero) is 1. The molecular weight excluding hydrogens is 146 g/mol. The summed E-state index contributed by atoms with van der Waals surface area (Å²) in [5.74, 6) is 0.0709. The maximum absolute atomic E-state index is 10.9. The Hall–Kier alpha value is -0.490. The number of hydrogen-bond acceptors (Lipinski definition) is 3. The smallest absolute Gasteiger partial charge is 0.146 e. The van der Waals surface area contributed by atoms with Gasteiger partial charge in [0.2, 0.25) is 0 Å². The highest BCUT2D eigenvalue weighted by Crippen LogP contribution is 2.28. The first-order chi connectivity index (χ1) is 4.56. The van der Waals surface area contributed by atoms with E-state index in [0.29, 0.717) is 6.42 Å². The Bertz CT molecular complexity index is 173. The highest BCUT2D eigenvalue weighted by molar-refractivity contribution is 8.05. The fourth-order valence-corrected chi connectivity index (χ4v) is 0.983. The SMILES string of the molecule is CCC(C)(SC#N)C(C)=O. The van der Waals surface area contributed by atoms with E-state index in [1.54, 1.807) is 6.92 Å². The number of thiocyanates is 1. The van der Waals surface area contributed by atoms with Crippen LogP contribution in [0.5, 0.6) is 0 Å². The first-order valence-electron chi connectivity index (χ1n) is 3.15. The standard InChI is InChI=1S/C7H11NOS/c1-4-7(3,6(2)9)10-5-8/h4H2,1-3H3. The lowest BCUT2D eigenvalue weighted by Crippen LogP contribution is -2.27. The first kappa shape index (κ1) is 9.51. The fourth-order valence-electron chi connectivity index (χ4n) is 0.494. The minimum absolute atomic E-state index is 0.0709. The molecule has 0 amide bonds. The molecule has 0 radical (unpaired) electrons.